The highest BCUT2D eigenvalue weighted by Gasteiger charge is 1.99. The Bertz CT molecular complexity index is 218. The van der Waals surface area contributed by atoms with Crippen molar-refractivity contribution in [1.82, 2.24) is 4.57 Å². The van der Waals surface area contributed by atoms with Crippen LogP contribution in [0.4, 0.5) is 0 Å². The van der Waals surface area contributed by atoms with Gasteiger partial charge in [-0.1, -0.05) is 0 Å². The highest BCUT2D eigenvalue weighted by atomic mass is 15.0. The summed E-state index contributed by atoms with van der Waals surface area (Å²) in [5.74, 6) is 0. The van der Waals surface area contributed by atoms with Crippen LogP contribution in [0.2, 0.25) is 0 Å². The molecule has 0 fully saturated rings. The third-order valence-corrected chi connectivity index (χ3v) is 1.52. The molecule has 0 aromatic carbocycles. The molecular weight excluding hydrogens is 124 g/mol. The second-order valence-electron chi connectivity index (χ2n) is 2.34. The van der Waals surface area contributed by atoms with E-state index in [0.29, 0.717) is 12.5 Å². The summed E-state index contributed by atoms with van der Waals surface area (Å²) < 4.78 is 2.03. The summed E-state index contributed by atoms with van der Waals surface area (Å²) in [6.45, 7) is 2.03. The molecule has 1 atom stereocenters. The molecule has 52 valence electrons. The fourth-order valence-corrected chi connectivity index (χ4v) is 0.879. The lowest BCUT2D eigenvalue weighted by atomic mass is 10.2. The molecule has 2 nitrogen and oxygen atoms in total. The van der Waals surface area contributed by atoms with Gasteiger partial charge in [-0.15, -0.1) is 0 Å². The molecule has 0 bridgehead atoms. The molecule has 1 unspecified atom stereocenters. The van der Waals surface area contributed by atoms with E-state index >= 15 is 0 Å². The van der Waals surface area contributed by atoms with Gasteiger partial charge >= 0.3 is 0 Å². The molecule has 0 N–H and O–H groups in total. The first-order chi connectivity index (χ1) is 4.84. The van der Waals surface area contributed by atoms with Gasteiger partial charge in [-0.05, 0) is 19.1 Å². The van der Waals surface area contributed by atoms with Crippen molar-refractivity contribution >= 4 is 0 Å². The van der Waals surface area contributed by atoms with E-state index in [0.717, 1.165) is 0 Å². The van der Waals surface area contributed by atoms with E-state index in [1.165, 1.54) is 0 Å². The van der Waals surface area contributed by atoms with E-state index in [1.807, 2.05) is 36.0 Å². The summed E-state index contributed by atoms with van der Waals surface area (Å²) in [7, 11) is 0. The zero-order valence-electron chi connectivity index (χ0n) is 5.99. The normalized spacial score (nSPS) is 12.4. The highest BCUT2D eigenvalue weighted by Crippen LogP contribution is 2.08. The Balaban J connectivity index is 2.61. The van der Waals surface area contributed by atoms with E-state index in [4.69, 9.17) is 5.26 Å². The fraction of sp³-hybridized carbons (Fsp3) is 0.375. The lowest BCUT2D eigenvalue weighted by molar-refractivity contribution is 0.562. The van der Waals surface area contributed by atoms with Crippen LogP contribution < -0.4 is 0 Å². The first-order valence-corrected chi connectivity index (χ1v) is 3.34. The molecule has 0 aliphatic carbocycles. The monoisotopic (exact) mass is 134 g/mol. The Morgan fingerprint density at radius 1 is 1.50 bits per heavy atom. The Hall–Kier alpha value is -1.23. The standard InChI is InChI=1S/C8H10N2/c1-8(4-5-9)10-6-2-3-7-10/h2-3,6-8H,4H2,1H3. The zero-order chi connectivity index (χ0) is 7.40. The van der Waals surface area contributed by atoms with Crippen molar-refractivity contribution in [2.45, 2.75) is 19.4 Å². The fourth-order valence-electron chi connectivity index (χ4n) is 0.879. The Morgan fingerprint density at radius 2 is 2.10 bits per heavy atom. The molecule has 1 aromatic heterocycles. The molecule has 1 rings (SSSR count). The quantitative estimate of drug-likeness (QED) is 0.607. The second kappa shape index (κ2) is 3.07. The minimum absolute atomic E-state index is 0.306. The minimum atomic E-state index is 0.306. The van der Waals surface area contributed by atoms with Crippen LogP contribution in [0.5, 0.6) is 0 Å². The molecule has 10 heavy (non-hydrogen) atoms. The lowest BCUT2D eigenvalue weighted by Gasteiger charge is -2.07. The SMILES string of the molecule is CC(CC#N)n1cccc1. The van der Waals surface area contributed by atoms with Crippen LogP contribution in [0.1, 0.15) is 19.4 Å². The van der Waals surface area contributed by atoms with Gasteiger partial charge in [-0.2, -0.15) is 5.26 Å². The number of hydrogen-bond acceptors (Lipinski definition) is 1. The molecule has 0 amide bonds. The van der Waals surface area contributed by atoms with Gasteiger partial charge in [0.15, 0.2) is 0 Å². The van der Waals surface area contributed by atoms with Crippen molar-refractivity contribution in [3.63, 3.8) is 0 Å². The molecule has 2 heteroatoms. The van der Waals surface area contributed by atoms with Gasteiger partial charge in [-0.25, -0.2) is 0 Å². The molecule has 1 aromatic rings. The average Bonchev–Trinajstić information content (AvgIpc) is 2.38. The van der Waals surface area contributed by atoms with Crippen LogP contribution in [0.15, 0.2) is 24.5 Å². The van der Waals surface area contributed by atoms with Crippen LogP contribution in [0.3, 0.4) is 0 Å². The van der Waals surface area contributed by atoms with Gasteiger partial charge in [0.05, 0.1) is 12.5 Å². The number of aromatic nitrogens is 1. The van der Waals surface area contributed by atoms with E-state index < -0.39 is 0 Å². The summed E-state index contributed by atoms with van der Waals surface area (Å²) in [5, 5.41) is 8.37. The van der Waals surface area contributed by atoms with Crippen LogP contribution in [-0.4, -0.2) is 4.57 Å². The van der Waals surface area contributed by atoms with Gasteiger partial charge in [-0.3, -0.25) is 0 Å². The maximum atomic E-state index is 8.37. The van der Waals surface area contributed by atoms with Crippen molar-refractivity contribution in [2.24, 2.45) is 0 Å². The third-order valence-electron chi connectivity index (χ3n) is 1.52. The molecule has 0 radical (unpaired) electrons. The number of nitrogens with zero attached hydrogens (tertiary/aromatic N) is 2. The van der Waals surface area contributed by atoms with Crippen molar-refractivity contribution in [3.8, 4) is 6.07 Å². The van der Waals surface area contributed by atoms with Crippen molar-refractivity contribution in [1.29, 1.82) is 5.26 Å². The van der Waals surface area contributed by atoms with E-state index in [9.17, 15) is 0 Å². The summed E-state index contributed by atoms with van der Waals surface area (Å²) in [6.07, 6.45) is 4.53. The minimum Gasteiger partial charge on any atom is -0.351 e. The number of nitriles is 1. The van der Waals surface area contributed by atoms with Crippen molar-refractivity contribution < 1.29 is 0 Å². The Morgan fingerprint density at radius 3 is 2.60 bits per heavy atom. The summed E-state index contributed by atoms with van der Waals surface area (Å²) >= 11 is 0. The predicted octanol–water partition coefficient (Wildman–Crippen LogP) is 1.96. The van der Waals surface area contributed by atoms with Crippen LogP contribution in [0.25, 0.3) is 0 Å². The third kappa shape index (κ3) is 1.38. The molecule has 0 aliphatic rings. The summed E-state index contributed by atoms with van der Waals surface area (Å²) in [6, 6.07) is 6.37. The average molecular weight is 134 g/mol. The smallest absolute Gasteiger partial charge is 0.0643 e. The highest BCUT2D eigenvalue weighted by molar-refractivity contribution is 4.93. The lowest BCUT2D eigenvalue weighted by Crippen LogP contribution is -1.99. The molecule has 0 aliphatic heterocycles. The zero-order valence-corrected chi connectivity index (χ0v) is 5.99. The van der Waals surface area contributed by atoms with Crippen LogP contribution >= 0.6 is 0 Å². The van der Waals surface area contributed by atoms with E-state index in [-0.39, 0.29) is 0 Å². The van der Waals surface area contributed by atoms with Gasteiger partial charge in [0.25, 0.3) is 0 Å². The van der Waals surface area contributed by atoms with Gasteiger partial charge in [0, 0.05) is 18.4 Å². The first kappa shape index (κ1) is 6.88. The predicted molar refractivity (Wildman–Crippen MR) is 39.4 cm³/mol. The second-order valence-corrected chi connectivity index (χ2v) is 2.34. The summed E-state index contributed by atoms with van der Waals surface area (Å²) in [5.41, 5.74) is 0. The van der Waals surface area contributed by atoms with E-state index in [1.54, 1.807) is 0 Å². The number of hydrogen-bond donors (Lipinski definition) is 0. The molecule has 0 saturated carbocycles. The molecular formula is C8H10N2. The molecule has 0 saturated heterocycles. The first-order valence-electron chi connectivity index (χ1n) is 3.34. The summed E-state index contributed by atoms with van der Waals surface area (Å²) in [4.78, 5) is 0. The maximum Gasteiger partial charge on any atom is 0.0643 e. The van der Waals surface area contributed by atoms with Crippen molar-refractivity contribution in [3.05, 3.63) is 24.5 Å². The van der Waals surface area contributed by atoms with Gasteiger partial charge < -0.3 is 4.57 Å². The van der Waals surface area contributed by atoms with Crippen molar-refractivity contribution in [2.75, 3.05) is 0 Å². The van der Waals surface area contributed by atoms with E-state index in [2.05, 4.69) is 6.07 Å². The van der Waals surface area contributed by atoms with Gasteiger partial charge in [0.1, 0.15) is 0 Å². The Labute approximate surface area is 60.7 Å². The molecule has 1 heterocycles. The maximum absolute atomic E-state index is 8.37. The van der Waals surface area contributed by atoms with Crippen LogP contribution in [0, 0.1) is 11.3 Å². The largest absolute Gasteiger partial charge is 0.351 e. The van der Waals surface area contributed by atoms with Gasteiger partial charge in [0.2, 0.25) is 0 Å². The topological polar surface area (TPSA) is 28.7 Å². The Kier molecular flexibility index (Phi) is 2.11. The van der Waals surface area contributed by atoms with Crippen LogP contribution in [-0.2, 0) is 0 Å². The number of rotatable bonds is 2. The molecule has 0 spiro atoms.